The Kier molecular flexibility index (Phi) is 5.37. The van der Waals surface area contributed by atoms with Crippen LogP contribution in [0, 0.1) is 11.3 Å². The Hall–Kier alpha value is -2.80. The largest absolute Gasteiger partial charge is 0.481 e. The van der Waals surface area contributed by atoms with Crippen LogP contribution in [0.1, 0.15) is 37.8 Å². The summed E-state index contributed by atoms with van der Waals surface area (Å²) < 4.78 is 5.59. The lowest BCUT2D eigenvalue weighted by Gasteiger charge is -2.15. The maximum atomic E-state index is 12.2. The first-order valence-corrected chi connectivity index (χ1v) is 7.57. The van der Waals surface area contributed by atoms with Crippen LogP contribution in [0.3, 0.4) is 0 Å². The molecule has 0 aliphatic heterocycles. The van der Waals surface area contributed by atoms with Gasteiger partial charge in [-0.2, -0.15) is 5.26 Å². The van der Waals surface area contributed by atoms with Crippen LogP contribution in [0.25, 0.3) is 0 Å². The second-order valence-electron chi connectivity index (χ2n) is 5.67. The lowest BCUT2D eigenvalue weighted by molar-refractivity contribution is -0.122. The molecule has 1 atom stereocenters. The second kappa shape index (κ2) is 7.46. The molecular weight excluding hydrogens is 288 g/mol. The molecule has 0 fully saturated rings. The highest BCUT2D eigenvalue weighted by atomic mass is 16.5. The number of carbonyl (C=O) groups is 1. The van der Waals surface area contributed by atoms with E-state index in [1.807, 2.05) is 30.3 Å². The van der Waals surface area contributed by atoms with E-state index < -0.39 is 6.10 Å². The number of nitriles is 1. The number of nitrogens with one attached hydrogen (secondary N) is 1. The van der Waals surface area contributed by atoms with E-state index in [-0.39, 0.29) is 5.91 Å². The van der Waals surface area contributed by atoms with Crippen molar-refractivity contribution in [1.29, 1.82) is 5.26 Å². The van der Waals surface area contributed by atoms with Crippen molar-refractivity contribution in [2.75, 3.05) is 5.32 Å². The van der Waals surface area contributed by atoms with Gasteiger partial charge in [0, 0.05) is 5.69 Å². The van der Waals surface area contributed by atoms with Crippen molar-refractivity contribution in [3.63, 3.8) is 0 Å². The standard InChI is InChI=1S/C19H20N2O2/c1-13(2)16-7-9-17(10-8-16)21-19(22)14(3)23-18-6-4-5-15(11-18)12-20/h4-11,13-14H,1-3H3,(H,21,22)/t14-/m1/s1. The minimum absolute atomic E-state index is 0.232. The van der Waals surface area contributed by atoms with Crippen molar-refractivity contribution in [3.8, 4) is 11.8 Å². The normalized spacial score (nSPS) is 11.6. The van der Waals surface area contributed by atoms with Crippen molar-refractivity contribution in [2.24, 2.45) is 0 Å². The highest BCUT2D eigenvalue weighted by Gasteiger charge is 2.15. The van der Waals surface area contributed by atoms with Crippen molar-refractivity contribution >= 4 is 11.6 Å². The summed E-state index contributed by atoms with van der Waals surface area (Å²) in [6.07, 6.45) is -0.659. The Morgan fingerprint density at radius 1 is 1.13 bits per heavy atom. The smallest absolute Gasteiger partial charge is 0.265 e. The number of anilines is 1. The van der Waals surface area contributed by atoms with E-state index in [9.17, 15) is 4.79 Å². The van der Waals surface area contributed by atoms with Gasteiger partial charge in [0.25, 0.3) is 5.91 Å². The SMILES string of the molecule is CC(C)c1ccc(NC(=O)[C@@H](C)Oc2cccc(C#N)c2)cc1. The van der Waals surface area contributed by atoms with Gasteiger partial charge in [0.1, 0.15) is 5.75 Å². The molecule has 4 heteroatoms. The maximum Gasteiger partial charge on any atom is 0.265 e. The van der Waals surface area contributed by atoms with Gasteiger partial charge in [0.05, 0.1) is 11.6 Å². The number of carbonyl (C=O) groups excluding carboxylic acids is 1. The van der Waals surface area contributed by atoms with E-state index in [4.69, 9.17) is 10.00 Å². The monoisotopic (exact) mass is 308 g/mol. The van der Waals surface area contributed by atoms with Crippen molar-refractivity contribution < 1.29 is 9.53 Å². The van der Waals surface area contributed by atoms with Gasteiger partial charge in [-0.1, -0.05) is 32.0 Å². The molecule has 0 spiro atoms. The summed E-state index contributed by atoms with van der Waals surface area (Å²) >= 11 is 0. The van der Waals surface area contributed by atoms with Crippen LogP contribution in [0.4, 0.5) is 5.69 Å². The average molecular weight is 308 g/mol. The van der Waals surface area contributed by atoms with Gasteiger partial charge in [-0.15, -0.1) is 0 Å². The molecule has 0 aliphatic carbocycles. The molecular formula is C19H20N2O2. The third-order valence-corrected chi connectivity index (χ3v) is 3.49. The molecule has 0 saturated heterocycles. The predicted molar refractivity (Wildman–Crippen MR) is 90.4 cm³/mol. The molecule has 23 heavy (non-hydrogen) atoms. The molecule has 0 radical (unpaired) electrons. The molecule has 2 aromatic rings. The third kappa shape index (κ3) is 4.58. The zero-order valence-corrected chi connectivity index (χ0v) is 13.5. The molecule has 2 rings (SSSR count). The quantitative estimate of drug-likeness (QED) is 0.905. The van der Waals surface area contributed by atoms with Gasteiger partial charge >= 0.3 is 0 Å². The summed E-state index contributed by atoms with van der Waals surface area (Å²) in [6.45, 7) is 5.93. The maximum absolute atomic E-state index is 12.2. The number of hydrogen-bond acceptors (Lipinski definition) is 3. The Bertz CT molecular complexity index is 715. The zero-order valence-electron chi connectivity index (χ0n) is 13.5. The van der Waals surface area contributed by atoms with Gasteiger partial charge in [-0.25, -0.2) is 0 Å². The Balaban J connectivity index is 1.98. The minimum Gasteiger partial charge on any atom is -0.481 e. The summed E-state index contributed by atoms with van der Waals surface area (Å²) in [5.41, 5.74) is 2.46. The minimum atomic E-state index is -0.659. The van der Waals surface area contributed by atoms with Crippen LogP contribution >= 0.6 is 0 Å². The molecule has 0 bridgehead atoms. The molecule has 2 aromatic carbocycles. The molecule has 118 valence electrons. The Labute approximate surface area is 136 Å². The molecule has 1 amide bonds. The first-order chi connectivity index (χ1) is 11.0. The van der Waals surface area contributed by atoms with Crippen LogP contribution in [0.15, 0.2) is 48.5 Å². The predicted octanol–water partition coefficient (Wildman–Crippen LogP) is 4.09. The van der Waals surface area contributed by atoms with E-state index in [2.05, 4.69) is 19.2 Å². The summed E-state index contributed by atoms with van der Waals surface area (Å²) in [6, 6.07) is 16.6. The molecule has 0 unspecified atom stereocenters. The van der Waals surface area contributed by atoms with Gasteiger partial charge in [0.2, 0.25) is 0 Å². The molecule has 1 N–H and O–H groups in total. The summed E-state index contributed by atoms with van der Waals surface area (Å²) in [5.74, 6) is 0.723. The van der Waals surface area contributed by atoms with Crippen LogP contribution in [0.2, 0.25) is 0 Å². The highest BCUT2D eigenvalue weighted by Crippen LogP contribution is 2.18. The van der Waals surface area contributed by atoms with Crippen LogP contribution < -0.4 is 10.1 Å². The number of nitrogens with zero attached hydrogens (tertiary/aromatic N) is 1. The molecule has 0 saturated carbocycles. The van der Waals surface area contributed by atoms with Gasteiger partial charge in [0.15, 0.2) is 6.10 Å². The van der Waals surface area contributed by atoms with E-state index in [1.165, 1.54) is 5.56 Å². The van der Waals surface area contributed by atoms with E-state index in [1.54, 1.807) is 31.2 Å². The van der Waals surface area contributed by atoms with Crippen molar-refractivity contribution in [1.82, 2.24) is 0 Å². The highest BCUT2D eigenvalue weighted by molar-refractivity contribution is 5.94. The number of amides is 1. The number of hydrogen-bond donors (Lipinski definition) is 1. The third-order valence-electron chi connectivity index (χ3n) is 3.49. The number of benzene rings is 2. The molecule has 4 nitrogen and oxygen atoms in total. The summed E-state index contributed by atoms with van der Waals surface area (Å²) in [7, 11) is 0. The fraction of sp³-hybridized carbons (Fsp3) is 0.263. The van der Waals surface area contributed by atoms with Gasteiger partial charge < -0.3 is 10.1 Å². The summed E-state index contributed by atoms with van der Waals surface area (Å²) in [4.78, 5) is 12.2. The van der Waals surface area contributed by atoms with E-state index >= 15 is 0 Å². The van der Waals surface area contributed by atoms with Crippen LogP contribution in [-0.4, -0.2) is 12.0 Å². The Morgan fingerprint density at radius 3 is 2.43 bits per heavy atom. The zero-order chi connectivity index (χ0) is 16.8. The Morgan fingerprint density at radius 2 is 1.83 bits per heavy atom. The number of rotatable bonds is 5. The van der Waals surface area contributed by atoms with E-state index in [0.717, 1.165) is 5.69 Å². The fourth-order valence-corrected chi connectivity index (χ4v) is 2.09. The topological polar surface area (TPSA) is 62.1 Å². The van der Waals surface area contributed by atoms with Crippen molar-refractivity contribution in [3.05, 3.63) is 59.7 Å². The molecule has 0 aliphatic rings. The first kappa shape index (κ1) is 16.6. The molecule has 0 heterocycles. The summed E-state index contributed by atoms with van der Waals surface area (Å²) in [5, 5.41) is 11.7. The first-order valence-electron chi connectivity index (χ1n) is 7.57. The number of ether oxygens (including phenoxy) is 1. The second-order valence-corrected chi connectivity index (χ2v) is 5.67. The van der Waals surface area contributed by atoms with Crippen molar-refractivity contribution in [2.45, 2.75) is 32.8 Å². The lowest BCUT2D eigenvalue weighted by atomic mass is 10.0. The van der Waals surface area contributed by atoms with Gasteiger partial charge in [-0.05, 0) is 48.7 Å². The van der Waals surface area contributed by atoms with Crippen LogP contribution in [-0.2, 0) is 4.79 Å². The fourth-order valence-electron chi connectivity index (χ4n) is 2.09. The lowest BCUT2D eigenvalue weighted by Crippen LogP contribution is -2.30. The van der Waals surface area contributed by atoms with E-state index in [0.29, 0.717) is 17.2 Å². The van der Waals surface area contributed by atoms with Crippen LogP contribution in [0.5, 0.6) is 5.75 Å². The molecule has 0 aromatic heterocycles. The van der Waals surface area contributed by atoms with Gasteiger partial charge in [-0.3, -0.25) is 4.79 Å². The average Bonchev–Trinajstić information content (AvgIpc) is 2.55.